The Morgan fingerprint density at radius 2 is 1.90 bits per heavy atom. The van der Waals surface area contributed by atoms with Gasteiger partial charge in [-0.2, -0.15) is 0 Å². The van der Waals surface area contributed by atoms with Crippen molar-refractivity contribution in [3.8, 4) is 11.5 Å². The molecule has 0 saturated carbocycles. The summed E-state index contributed by atoms with van der Waals surface area (Å²) in [5.74, 6) is 1.02. The van der Waals surface area contributed by atoms with Crippen molar-refractivity contribution in [2.75, 3.05) is 0 Å². The van der Waals surface area contributed by atoms with E-state index >= 15 is 0 Å². The molecule has 0 bridgehead atoms. The SMILES string of the molecule is NS(=O)(=O)c1nc2ccc(OCc3cn(Cc4ccc(OC=O)cc4)nn3)cc2s1. The van der Waals surface area contributed by atoms with E-state index in [2.05, 4.69) is 15.3 Å². The van der Waals surface area contributed by atoms with Crippen LogP contribution in [-0.2, 0) is 28.0 Å². The minimum atomic E-state index is -3.84. The van der Waals surface area contributed by atoms with Gasteiger partial charge < -0.3 is 9.47 Å². The molecule has 0 aliphatic carbocycles. The zero-order chi connectivity index (χ0) is 21.1. The molecule has 0 saturated heterocycles. The lowest BCUT2D eigenvalue weighted by atomic mass is 10.2. The van der Waals surface area contributed by atoms with Crippen LogP contribution in [0.15, 0.2) is 53.0 Å². The lowest BCUT2D eigenvalue weighted by Crippen LogP contribution is -2.11. The van der Waals surface area contributed by atoms with Crippen molar-refractivity contribution in [2.45, 2.75) is 17.5 Å². The molecule has 0 unspecified atom stereocenters. The Balaban J connectivity index is 1.39. The molecule has 4 rings (SSSR count). The van der Waals surface area contributed by atoms with Gasteiger partial charge in [0.1, 0.15) is 23.8 Å². The number of primary sulfonamides is 1. The number of aromatic nitrogens is 4. The van der Waals surface area contributed by atoms with E-state index in [1.165, 1.54) is 0 Å². The summed E-state index contributed by atoms with van der Waals surface area (Å²) in [6.07, 6.45) is 1.76. The molecule has 0 atom stereocenters. The highest BCUT2D eigenvalue weighted by atomic mass is 32.2. The Hall–Kier alpha value is -3.35. The smallest absolute Gasteiger partial charge is 0.298 e. The fourth-order valence-electron chi connectivity index (χ4n) is 2.65. The number of thiazole rings is 1. The highest BCUT2D eigenvalue weighted by molar-refractivity contribution is 7.91. The molecule has 4 aromatic rings. The molecule has 0 amide bonds. The third kappa shape index (κ3) is 4.62. The van der Waals surface area contributed by atoms with Crippen LogP contribution < -0.4 is 14.6 Å². The number of carbonyl (C=O) groups is 1. The number of sulfonamides is 1. The number of benzene rings is 2. The molecule has 0 aliphatic heterocycles. The van der Waals surface area contributed by atoms with Gasteiger partial charge in [-0.3, -0.25) is 4.79 Å². The third-order valence-electron chi connectivity index (χ3n) is 4.01. The van der Waals surface area contributed by atoms with Gasteiger partial charge in [-0.25, -0.2) is 23.2 Å². The zero-order valence-electron chi connectivity index (χ0n) is 15.3. The maximum atomic E-state index is 11.4. The Bertz CT molecular complexity index is 1300. The standard InChI is InChI=1S/C18H15N5O5S2/c19-30(25,26)18-20-16-6-5-15(7-17(16)29-18)27-10-13-9-23(22-21-13)8-12-1-3-14(4-2-12)28-11-24/h1-7,9,11H,8,10H2,(H2,19,25,26). The molecule has 0 aliphatic rings. The average molecular weight is 445 g/mol. The summed E-state index contributed by atoms with van der Waals surface area (Å²) >= 11 is 0.985. The Kier molecular flexibility index (Phi) is 5.44. The van der Waals surface area contributed by atoms with Gasteiger partial charge in [0.15, 0.2) is 0 Å². The fourth-order valence-corrected chi connectivity index (χ4v) is 4.34. The normalized spacial score (nSPS) is 11.5. The predicted molar refractivity (Wildman–Crippen MR) is 108 cm³/mol. The summed E-state index contributed by atoms with van der Waals surface area (Å²) in [4.78, 5) is 14.3. The molecule has 2 N–H and O–H groups in total. The third-order valence-corrected chi connectivity index (χ3v) is 6.35. The van der Waals surface area contributed by atoms with E-state index in [9.17, 15) is 13.2 Å². The summed E-state index contributed by atoms with van der Waals surface area (Å²) in [7, 11) is -3.84. The number of rotatable bonds is 8. The van der Waals surface area contributed by atoms with Gasteiger partial charge in [-0.1, -0.05) is 17.3 Å². The number of hydrogen-bond acceptors (Lipinski definition) is 9. The van der Waals surface area contributed by atoms with Gasteiger partial charge in [-0.15, -0.1) is 16.4 Å². The summed E-state index contributed by atoms with van der Waals surface area (Å²) in [5.41, 5.74) is 2.13. The molecule has 12 heteroatoms. The van der Waals surface area contributed by atoms with E-state index in [1.807, 2.05) is 12.1 Å². The minimum Gasteiger partial charge on any atom is -0.487 e. The largest absolute Gasteiger partial charge is 0.487 e. The Labute approximate surface area is 174 Å². The van der Waals surface area contributed by atoms with Crippen LogP contribution >= 0.6 is 11.3 Å². The molecule has 2 heterocycles. The maximum absolute atomic E-state index is 11.4. The van der Waals surface area contributed by atoms with Gasteiger partial charge in [0, 0.05) is 0 Å². The minimum absolute atomic E-state index is 0.136. The fraction of sp³-hybridized carbons (Fsp3) is 0.111. The summed E-state index contributed by atoms with van der Waals surface area (Å²) in [5, 5.41) is 13.3. The highest BCUT2D eigenvalue weighted by Gasteiger charge is 2.15. The molecule has 2 aromatic heterocycles. The number of nitrogens with zero attached hydrogens (tertiary/aromatic N) is 4. The lowest BCUT2D eigenvalue weighted by molar-refractivity contribution is -0.120. The number of ether oxygens (including phenoxy) is 2. The van der Waals surface area contributed by atoms with Crippen molar-refractivity contribution >= 4 is 38.0 Å². The predicted octanol–water partition coefficient (Wildman–Crippen LogP) is 1.70. The van der Waals surface area contributed by atoms with Crippen molar-refractivity contribution < 1.29 is 22.7 Å². The molecular weight excluding hydrogens is 430 g/mol. The first-order valence-corrected chi connectivity index (χ1v) is 10.9. The molecule has 154 valence electrons. The van der Waals surface area contributed by atoms with Crippen LogP contribution in [0.3, 0.4) is 0 Å². The second-order valence-electron chi connectivity index (χ2n) is 6.21. The first kappa shape index (κ1) is 19.9. The van der Waals surface area contributed by atoms with Crippen molar-refractivity contribution in [1.82, 2.24) is 20.0 Å². The summed E-state index contributed by atoms with van der Waals surface area (Å²) < 4.78 is 35.5. The number of hydrogen-bond donors (Lipinski definition) is 1. The van der Waals surface area contributed by atoms with Gasteiger partial charge >= 0.3 is 0 Å². The van der Waals surface area contributed by atoms with Crippen LogP contribution in [-0.4, -0.2) is 34.9 Å². The first-order chi connectivity index (χ1) is 14.4. The van der Waals surface area contributed by atoms with E-state index in [4.69, 9.17) is 14.6 Å². The maximum Gasteiger partial charge on any atom is 0.298 e. The van der Waals surface area contributed by atoms with Crippen molar-refractivity contribution in [3.05, 3.63) is 59.9 Å². The lowest BCUT2D eigenvalue weighted by Gasteiger charge is -2.03. The van der Waals surface area contributed by atoms with Crippen molar-refractivity contribution in [1.29, 1.82) is 0 Å². The van der Waals surface area contributed by atoms with Crippen LogP contribution in [0.4, 0.5) is 0 Å². The second-order valence-corrected chi connectivity index (χ2v) is 8.97. The van der Waals surface area contributed by atoms with E-state index in [0.29, 0.717) is 40.4 Å². The molecular formula is C18H15N5O5S2. The number of nitrogens with two attached hydrogens (primary N) is 1. The molecule has 0 spiro atoms. The zero-order valence-corrected chi connectivity index (χ0v) is 17.0. The van der Waals surface area contributed by atoms with E-state index < -0.39 is 10.0 Å². The molecule has 30 heavy (non-hydrogen) atoms. The molecule has 2 aromatic carbocycles. The van der Waals surface area contributed by atoms with Gasteiger partial charge in [0.2, 0.25) is 4.34 Å². The van der Waals surface area contributed by atoms with Gasteiger partial charge in [-0.05, 0) is 35.9 Å². The Morgan fingerprint density at radius 1 is 1.13 bits per heavy atom. The quantitative estimate of drug-likeness (QED) is 0.404. The van der Waals surface area contributed by atoms with Crippen LogP contribution in [0.5, 0.6) is 11.5 Å². The number of fused-ring (bicyclic) bond motifs is 1. The molecule has 0 radical (unpaired) electrons. The van der Waals surface area contributed by atoms with Crippen LogP contribution in [0.1, 0.15) is 11.3 Å². The highest BCUT2D eigenvalue weighted by Crippen LogP contribution is 2.28. The Morgan fingerprint density at radius 3 is 2.63 bits per heavy atom. The van der Waals surface area contributed by atoms with Gasteiger partial charge in [0.25, 0.3) is 16.5 Å². The van der Waals surface area contributed by atoms with E-state index in [-0.39, 0.29) is 10.9 Å². The van der Waals surface area contributed by atoms with E-state index in [1.54, 1.807) is 41.2 Å². The average Bonchev–Trinajstić information content (AvgIpc) is 3.34. The molecule has 10 nitrogen and oxygen atoms in total. The first-order valence-electron chi connectivity index (χ1n) is 8.55. The summed E-state index contributed by atoms with van der Waals surface area (Å²) in [6.45, 7) is 1.07. The van der Waals surface area contributed by atoms with Crippen LogP contribution in [0, 0.1) is 0 Å². The second kappa shape index (κ2) is 8.18. The number of carbonyl (C=O) groups excluding carboxylic acids is 1. The summed E-state index contributed by atoms with van der Waals surface area (Å²) in [6, 6.07) is 12.1. The van der Waals surface area contributed by atoms with Crippen LogP contribution in [0.2, 0.25) is 0 Å². The van der Waals surface area contributed by atoms with E-state index in [0.717, 1.165) is 16.9 Å². The molecule has 0 fully saturated rings. The van der Waals surface area contributed by atoms with Crippen molar-refractivity contribution in [2.24, 2.45) is 5.14 Å². The monoisotopic (exact) mass is 445 g/mol. The van der Waals surface area contributed by atoms with Gasteiger partial charge in [0.05, 0.1) is 23.0 Å². The van der Waals surface area contributed by atoms with Crippen molar-refractivity contribution in [3.63, 3.8) is 0 Å². The van der Waals surface area contributed by atoms with Crippen LogP contribution in [0.25, 0.3) is 10.2 Å². The topological polar surface area (TPSA) is 139 Å².